The van der Waals surface area contributed by atoms with Crippen molar-refractivity contribution < 1.29 is 4.74 Å². The van der Waals surface area contributed by atoms with Crippen molar-refractivity contribution in [1.82, 2.24) is 4.90 Å². The summed E-state index contributed by atoms with van der Waals surface area (Å²) in [6.45, 7) is 5.83. The van der Waals surface area contributed by atoms with Crippen LogP contribution < -0.4 is 5.32 Å². The highest BCUT2D eigenvalue weighted by atomic mass is 32.1. The van der Waals surface area contributed by atoms with Crippen LogP contribution in [0.4, 0.5) is 5.69 Å². The first-order chi connectivity index (χ1) is 10.4. The van der Waals surface area contributed by atoms with Crippen LogP contribution in [-0.4, -0.2) is 37.7 Å². The molecule has 0 radical (unpaired) electrons. The maximum atomic E-state index is 5.38. The van der Waals surface area contributed by atoms with Gasteiger partial charge in [-0.3, -0.25) is 4.90 Å². The normalized spacial score (nSPS) is 16.0. The van der Waals surface area contributed by atoms with Crippen molar-refractivity contribution in [2.45, 2.75) is 13.0 Å². The summed E-state index contributed by atoms with van der Waals surface area (Å²) in [7, 11) is 0. The summed E-state index contributed by atoms with van der Waals surface area (Å²) in [6.07, 6.45) is 1.09. The number of hydrogen-bond donors (Lipinski definition) is 1. The Labute approximate surface area is 130 Å². The average molecular weight is 302 g/mol. The molecular formula is C17H22N2OS. The second-order valence-electron chi connectivity index (χ2n) is 5.34. The van der Waals surface area contributed by atoms with Gasteiger partial charge in [0.15, 0.2) is 0 Å². The monoisotopic (exact) mass is 302 g/mol. The Morgan fingerprint density at radius 2 is 1.90 bits per heavy atom. The highest BCUT2D eigenvalue weighted by molar-refractivity contribution is 7.09. The fourth-order valence-electron chi connectivity index (χ4n) is 2.53. The van der Waals surface area contributed by atoms with Crippen molar-refractivity contribution in [3.8, 4) is 0 Å². The minimum absolute atomic E-state index is 0.863. The molecule has 1 aromatic carbocycles. The third-order valence-corrected chi connectivity index (χ3v) is 4.68. The molecule has 0 bridgehead atoms. The second-order valence-corrected chi connectivity index (χ2v) is 6.37. The van der Waals surface area contributed by atoms with E-state index in [0.717, 1.165) is 45.8 Å². The van der Waals surface area contributed by atoms with Gasteiger partial charge < -0.3 is 10.1 Å². The third kappa shape index (κ3) is 4.56. The molecule has 4 heteroatoms. The largest absolute Gasteiger partial charge is 0.385 e. The van der Waals surface area contributed by atoms with Crippen LogP contribution in [-0.2, 0) is 17.7 Å². The molecule has 1 fully saturated rings. The summed E-state index contributed by atoms with van der Waals surface area (Å²) in [6, 6.07) is 13.1. The molecule has 3 nitrogen and oxygen atoms in total. The van der Waals surface area contributed by atoms with E-state index < -0.39 is 0 Å². The number of anilines is 1. The molecule has 0 amide bonds. The van der Waals surface area contributed by atoms with Crippen LogP contribution in [0.3, 0.4) is 0 Å². The molecule has 0 spiro atoms. The van der Waals surface area contributed by atoms with Crippen LogP contribution in [0.1, 0.15) is 10.4 Å². The highest BCUT2D eigenvalue weighted by Crippen LogP contribution is 2.13. The summed E-state index contributed by atoms with van der Waals surface area (Å²) in [5, 5.41) is 5.62. The van der Waals surface area contributed by atoms with Crippen molar-refractivity contribution in [3.63, 3.8) is 0 Å². The molecule has 0 atom stereocenters. The molecule has 21 heavy (non-hydrogen) atoms. The summed E-state index contributed by atoms with van der Waals surface area (Å²) in [5.74, 6) is 0. The van der Waals surface area contributed by atoms with Crippen LogP contribution in [0.15, 0.2) is 41.8 Å². The molecule has 1 saturated heterocycles. The number of nitrogens with zero attached hydrogens (tertiary/aromatic N) is 1. The van der Waals surface area contributed by atoms with E-state index in [1.54, 1.807) is 0 Å². The first-order valence-corrected chi connectivity index (χ1v) is 8.43. The van der Waals surface area contributed by atoms with Crippen molar-refractivity contribution in [1.29, 1.82) is 0 Å². The van der Waals surface area contributed by atoms with Crippen LogP contribution in [0.25, 0.3) is 0 Å². The van der Waals surface area contributed by atoms with E-state index in [9.17, 15) is 0 Å². The molecule has 1 aliphatic rings. The van der Waals surface area contributed by atoms with Gasteiger partial charge in [-0.2, -0.15) is 0 Å². The minimum Gasteiger partial charge on any atom is -0.385 e. The van der Waals surface area contributed by atoms with E-state index in [4.69, 9.17) is 4.74 Å². The van der Waals surface area contributed by atoms with E-state index in [-0.39, 0.29) is 0 Å². The van der Waals surface area contributed by atoms with Gasteiger partial charge in [0.05, 0.1) is 13.2 Å². The predicted molar refractivity (Wildman–Crippen MR) is 89.1 cm³/mol. The van der Waals surface area contributed by atoms with Crippen molar-refractivity contribution in [2.24, 2.45) is 0 Å². The van der Waals surface area contributed by atoms with Gasteiger partial charge in [-0.15, -0.1) is 11.3 Å². The van der Waals surface area contributed by atoms with Gasteiger partial charge in [0.2, 0.25) is 0 Å². The standard InChI is InChI=1S/C17H22N2OS/c1-2-17(21-13-1)7-8-18-16-5-3-15(4-6-16)14-19-9-11-20-12-10-19/h1-6,13,18H,7-12,14H2. The molecule has 3 rings (SSSR count). The molecule has 1 aliphatic heterocycles. The number of thiophene rings is 1. The molecular weight excluding hydrogens is 280 g/mol. The van der Waals surface area contributed by atoms with Gasteiger partial charge in [0.1, 0.15) is 0 Å². The Bertz CT molecular complexity index is 518. The lowest BCUT2D eigenvalue weighted by molar-refractivity contribution is 0.0342. The Morgan fingerprint density at radius 1 is 1.10 bits per heavy atom. The Hall–Kier alpha value is -1.36. The zero-order valence-electron chi connectivity index (χ0n) is 12.3. The molecule has 1 aromatic heterocycles. The zero-order chi connectivity index (χ0) is 14.3. The van der Waals surface area contributed by atoms with Crippen LogP contribution in [0.2, 0.25) is 0 Å². The number of nitrogens with one attached hydrogen (secondary N) is 1. The number of ether oxygens (including phenoxy) is 1. The predicted octanol–water partition coefficient (Wildman–Crippen LogP) is 3.23. The molecule has 0 unspecified atom stereocenters. The Morgan fingerprint density at radius 3 is 2.62 bits per heavy atom. The minimum atomic E-state index is 0.863. The molecule has 2 aromatic rings. The Balaban J connectivity index is 1.44. The smallest absolute Gasteiger partial charge is 0.0594 e. The van der Waals surface area contributed by atoms with Crippen molar-refractivity contribution in [2.75, 3.05) is 38.2 Å². The molecule has 0 saturated carbocycles. The number of benzene rings is 1. The number of rotatable bonds is 6. The van der Waals surface area contributed by atoms with Crippen molar-refractivity contribution in [3.05, 3.63) is 52.2 Å². The topological polar surface area (TPSA) is 24.5 Å². The van der Waals surface area contributed by atoms with E-state index in [1.807, 2.05) is 11.3 Å². The van der Waals surface area contributed by atoms with Crippen LogP contribution >= 0.6 is 11.3 Å². The maximum absolute atomic E-state index is 5.38. The van der Waals surface area contributed by atoms with E-state index in [1.165, 1.54) is 16.1 Å². The van der Waals surface area contributed by atoms with Crippen LogP contribution in [0.5, 0.6) is 0 Å². The van der Waals surface area contributed by atoms with Gasteiger partial charge in [-0.25, -0.2) is 0 Å². The fourth-order valence-corrected chi connectivity index (χ4v) is 3.24. The van der Waals surface area contributed by atoms with Gasteiger partial charge in [-0.1, -0.05) is 18.2 Å². The average Bonchev–Trinajstić information content (AvgIpc) is 3.03. The lowest BCUT2D eigenvalue weighted by Crippen LogP contribution is -2.35. The summed E-state index contributed by atoms with van der Waals surface area (Å²) in [4.78, 5) is 3.88. The first kappa shape index (κ1) is 14.6. The summed E-state index contributed by atoms with van der Waals surface area (Å²) < 4.78 is 5.38. The summed E-state index contributed by atoms with van der Waals surface area (Å²) in [5.41, 5.74) is 2.58. The van der Waals surface area contributed by atoms with Crippen molar-refractivity contribution >= 4 is 17.0 Å². The quantitative estimate of drug-likeness (QED) is 0.886. The molecule has 2 heterocycles. The zero-order valence-corrected chi connectivity index (χ0v) is 13.1. The first-order valence-electron chi connectivity index (χ1n) is 7.55. The second kappa shape index (κ2) is 7.59. The third-order valence-electron chi connectivity index (χ3n) is 3.74. The summed E-state index contributed by atoms with van der Waals surface area (Å²) >= 11 is 1.82. The maximum Gasteiger partial charge on any atom is 0.0594 e. The fraction of sp³-hybridized carbons (Fsp3) is 0.412. The van der Waals surface area contributed by atoms with Gasteiger partial charge in [0.25, 0.3) is 0 Å². The molecule has 1 N–H and O–H groups in total. The van der Waals surface area contributed by atoms with E-state index >= 15 is 0 Å². The lowest BCUT2D eigenvalue weighted by atomic mass is 10.2. The highest BCUT2D eigenvalue weighted by Gasteiger charge is 2.10. The van der Waals surface area contributed by atoms with E-state index in [0.29, 0.717) is 0 Å². The SMILES string of the molecule is c1csc(CCNc2ccc(CN3CCOCC3)cc2)c1. The van der Waals surface area contributed by atoms with E-state index in [2.05, 4.69) is 52.0 Å². The molecule has 0 aliphatic carbocycles. The van der Waals surface area contributed by atoms with Crippen LogP contribution in [0, 0.1) is 0 Å². The van der Waals surface area contributed by atoms with Gasteiger partial charge in [-0.05, 0) is 35.6 Å². The molecule has 112 valence electrons. The van der Waals surface area contributed by atoms with Gasteiger partial charge >= 0.3 is 0 Å². The number of morpholine rings is 1. The lowest BCUT2D eigenvalue weighted by Gasteiger charge is -2.26. The Kier molecular flexibility index (Phi) is 5.27. The number of hydrogen-bond acceptors (Lipinski definition) is 4. The van der Waals surface area contributed by atoms with Gasteiger partial charge in [0, 0.05) is 36.7 Å².